The third-order valence-electron chi connectivity index (χ3n) is 27.0. The number of nitrogens with zero attached hydrogens (tertiary/aromatic N) is 2. The van der Waals surface area contributed by atoms with Crippen molar-refractivity contribution in [3.8, 4) is 0 Å². The van der Waals surface area contributed by atoms with E-state index in [0.717, 1.165) is 119 Å². The summed E-state index contributed by atoms with van der Waals surface area (Å²) in [6.07, 6.45) is 71.2. The molecule has 2 heteroatoms. The summed E-state index contributed by atoms with van der Waals surface area (Å²) in [7, 11) is 0. The van der Waals surface area contributed by atoms with Gasteiger partial charge in [-0.2, -0.15) is 0 Å². The molecule has 2 nitrogen and oxygen atoms in total. The first kappa shape index (κ1) is 52.1. The molecule has 12 unspecified atom stereocenters. The number of hydrogen-bond acceptors (Lipinski definition) is 2. The van der Waals surface area contributed by atoms with E-state index in [-0.39, 0.29) is 0 Å². The van der Waals surface area contributed by atoms with Crippen molar-refractivity contribution in [1.29, 1.82) is 0 Å². The van der Waals surface area contributed by atoms with Crippen LogP contribution in [0.15, 0.2) is 24.3 Å². The van der Waals surface area contributed by atoms with Gasteiger partial charge in [-0.3, -0.25) is 9.80 Å². The summed E-state index contributed by atoms with van der Waals surface area (Å²) in [6.45, 7) is 11.4. The second-order valence-corrected chi connectivity index (χ2v) is 31.0. The van der Waals surface area contributed by atoms with Crippen LogP contribution in [0.1, 0.15) is 285 Å². The molecule has 12 aliphatic rings. The van der Waals surface area contributed by atoms with Crippen molar-refractivity contribution in [1.82, 2.24) is 9.80 Å². The highest BCUT2D eigenvalue weighted by Gasteiger charge is 2.62. The summed E-state index contributed by atoms with van der Waals surface area (Å²) in [6, 6.07) is 5.26. The maximum atomic E-state index is 3.33. The number of fused-ring (bicyclic) bond motifs is 6. The van der Waals surface area contributed by atoms with E-state index < -0.39 is 0 Å². The maximum Gasteiger partial charge on any atom is 0.0104 e. The minimum atomic E-state index is 0.523. The molecule has 12 atom stereocenters. The Kier molecular flexibility index (Phi) is 16.7. The number of hydrogen-bond donors (Lipinski definition) is 0. The Balaban J connectivity index is 0.676. The van der Waals surface area contributed by atoms with E-state index in [1.165, 1.54) is 193 Å². The lowest BCUT2D eigenvalue weighted by molar-refractivity contribution is -0.0142. The van der Waals surface area contributed by atoms with Crippen LogP contribution in [0.5, 0.6) is 0 Å². The first-order chi connectivity index (χ1) is 35.2. The van der Waals surface area contributed by atoms with E-state index in [0.29, 0.717) is 10.8 Å². The summed E-state index contributed by atoms with van der Waals surface area (Å²) in [4.78, 5) is 6.66. The topological polar surface area (TPSA) is 6.48 Å². The fraction of sp³-hybridized carbons (Fsp3) is 0.943. The highest BCUT2D eigenvalue weighted by Crippen LogP contribution is 2.68. The summed E-state index contributed by atoms with van der Waals surface area (Å²) in [5.41, 5.74) is 1.05. The first-order valence-electron chi connectivity index (χ1n) is 34.1. The quantitative estimate of drug-likeness (QED) is 0.190. The van der Waals surface area contributed by atoms with Gasteiger partial charge in [0.05, 0.1) is 0 Å². The van der Waals surface area contributed by atoms with Gasteiger partial charge >= 0.3 is 0 Å². The molecule has 0 amide bonds. The van der Waals surface area contributed by atoms with Gasteiger partial charge in [-0.15, -0.1) is 0 Å². The zero-order valence-electron chi connectivity index (χ0n) is 48.0. The molecular formula is C70H116N2. The van der Waals surface area contributed by atoms with Gasteiger partial charge in [-0.25, -0.2) is 0 Å². The lowest BCUT2D eigenvalue weighted by Gasteiger charge is -2.51. The van der Waals surface area contributed by atoms with Crippen LogP contribution in [0.2, 0.25) is 0 Å². The minimum Gasteiger partial charge on any atom is -0.294 e. The Bertz CT molecular complexity index is 1620. The second kappa shape index (κ2) is 23.0. The van der Waals surface area contributed by atoms with E-state index in [9.17, 15) is 0 Å². The molecule has 0 aromatic rings. The second-order valence-electron chi connectivity index (χ2n) is 31.0. The minimum absolute atomic E-state index is 0.523. The lowest BCUT2D eigenvalue weighted by atomic mass is 9.59. The summed E-state index contributed by atoms with van der Waals surface area (Å²) in [5.74, 6) is 13.6. The van der Waals surface area contributed by atoms with Crippen LogP contribution in [0.3, 0.4) is 0 Å². The van der Waals surface area contributed by atoms with Gasteiger partial charge < -0.3 is 0 Å². The predicted octanol–water partition coefficient (Wildman–Crippen LogP) is 19.4. The van der Waals surface area contributed by atoms with Crippen LogP contribution in [0, 0.1) is 93.7 Å². The summed E-state index contributed by atoms with van der Waals surface area (Å²) < 4.78 is 0. The Labute approximate surface area is 446 Å². The monoisotopic (exact) mass is 985 g/mol. The molecule has 0 spiro atoms. The number of rotatable bonds is 11. The van der Waals surface area contributed by atoms with Crippen LogP contribution in [0.4, 0.5) is 0 Å². The van der Waals surface area contributed by atoms with Crippen molar-refractivity contribution in [2.45, 2.75) is 321 Å². The van der Waals surface area contributed by atoms with E-state index in [4.69, 9.17) is 0 Å². The normalized spacial score (nSPS) is 44.8. The van der Waals surface area contributed by atoms with Crippen LogP contribution < -0.4 is 0 Å². The summed E-state index contributed by atoms with van der Waals surface area (Å²) >= 11 is 0. The van der Waals surface area contributed by atoms with Crippen LogP contribution in [-0.2, 0) is 0 Å². The van der Waals surface area contributed by atoms with Gasteiger partial charge in [0.15, 0.2) is 0 Å². The molecule has 0 aromatic carbocycles. The van der Waals surface area contributed by atoms with E-state index in [1.54, 1.807) is 64.2 Å². The molecule has 0 saturated heterocycles. The molecule has 72 heavy (non-hydrogen) atoms. The third-order valence-corrected chi connectivity index (χ3v) is 27.0. The average molecular weight is 986 g/mol. The molecule has 0 aliphatic heterocycles. The van der Waals surface area contributed by atoms with Gasteiger partial charge in [0, 0.05) is 36.3 Å². The van der Waals surface area contributed by atoms with Crippen molar-refractivity contribution < 1.29 is 0 Å². The molecule has 0 N–H and O–H groups in total. The zero-order valence-corrected chi connectivity index (χ0v) is 48.0. The van der Waals surface area contributed by atoms with Crippen LogP contribution >= 0.6 is 0 Å². The van der Waals surface area contributed by atoms with E-state index >= 15 is 0 Å². The molecule has 0 aromatic heterocycles. The van der Waals surface area contributed by atoms with E-state index in [1.807, 2.05) is 0 Å². The highest BCUT2D eigenvalue weighted by molar-refractivity contribution is 5.12. The van der Waals surface area contributed by atoms with Crippen molar-refractivity contribution in [2.24, 2.45) is 93.7 Å². The van der Waals surface area contributed by atoms with Gasteiger partial charge in [-0.05, 0) is 273 Å². The van der Waals surface area contributed by atoms with Gasteiger partial charge in [0.1, 0.15) is 0 Å². The average Bonchev–Trinajstić information content (AvgIpc) is 3.80. The van der Waals surface area contributed by atoms with Crippen LogP contribution in [-0.4, -0.2) is 46.1 Å². The first-order valence-corrected chi connectivity index (χ1v) is 34.1. The third kappa shape index (κ3) is 10.8. The molecule has 12 aliphatic carbocycles. The molecule has 0 heterocycles. The van der Waals surface area contributed by atoms with Crippen molar-refractivity contribution in [2.75, 3.05) is 0 Å². The molecule has 12 saturated carbocycles. The van der Waals surface area contributed by atoms with Crippen LogP contribution in [0.25, 0.3) is 0 Å². The Morgan fingerprint density at radius 1 is 0.250 bits per heavy atom. The Morgan fingerprint density at radius 2 is 0.514 bits per heavy atom. The smallest absolute Gasteiger partial charge is 0.0104 e. The van der Waals surface area contributed by atoms with Gasteiger partial charge in [0.25, 0.3) is 0 Å². The largest absolute Gasteiger partial charge is 0.294 e. The van der Waals surface area contributed by atoms with Crippen molar-refractivity contribution >= 4 is 0 Å². The summed E-state index contributed by atoms with van der Waals surface area (Å²) in [5, 5.41) is 0. The fourth-order valence-electron chi connectivity index (χ4n) is 23.2. The molecule has 406 valence electrons. The fourth-order valence-corrected chi connectivity index (χ4v) is 23.2. The standard InChI is InChI=1S/C70H116N2/c1-69(2)65-45-53(33-41-61(65)63-43-39-59(47-67(63)69)71(55-21-13-7-14-22-55)57-35-29-51(30-36-57)27-25-49-17-9-5-10-18-49)54-34-42-62-64-44-40-60(48-68(64)70(3,4)66(62)46-54)72(56-23-15-8-16-24-56)58-37-31-52(32-38-58)28-26-50-19-11-6-12-20-50/h25-28,49-68H,5-24,29-48H2,1-4H3. The lowest BCUT2D eigenvalue weighted by Crippen LogP contribution is -2.54. The molecule has 12 fully saturated rings. The maximum absolute atomic E-state index is 3.33. The molecule has 0 radical (unpaired) electrons. The van der Waals surface area contributed by atoms with Crippen molar-refractivity contribution in [3.63, 3.8) is 0 Å². The SMILES string of the molecule is CC1(C)C2CC(C3CCC4C5CCC(N(C6CCCCC6)C6CCC(C=CC7CCCCC7)CC6)CC5C(C)(C)C4C3)CCC2C2CCC(N(C3CCCCC3)C3CCC(C=CC4CCCCC4)CC3)CC21. The Hall–Kier alpha value is -0.600. The highest BCUT2D eigenvalue weighted by atomic mass is 15.2. The van der Waals surface area contributed by atoms with Gasteiger partial charge in [-0.1, -0.05) is 129 Å². The molecule has 0 bridgehead atoms. The molecular weight excluding hydrogens is 869 g/mol. The number of allylic oxidation sites excluding steroid dienone is 4. The van der Waals surface area contributed by atoms with E-state index in [2.05, 4.69) is 61.8 Å². The molecule has 12 rings (SSSR count). The predicted molar refractivity (Wildman–Crippen MR) is 306 cm³/mol. The Morgan fingerprint density at radius 3 is 0.861 bits per heavy atom. The van der Waals surface area contributed by atoms with Crippen molar-refractivity contribution in [3.05, 3.63) is 24.3 Å². The zero-order chi connectivity index (χ0) is 48.8. The van der Waals surface area contributed by atoms with Gasteiger partial charge in [0.2, 0.25) is 0 Å².